The fraction of sp³-hybridized carbons (Fsp3) is 0.471. The van der Waals surface area contributed by atoms with Crippen LogP contribution in [0.5, 0.6) is 5.75 Å². The molecule has 0 aliphatic rings. The lowest BCUT2D eigenvalue weighted by Gasteiger charge is -2.16. The van der Waals surface area contributed by atoms with Crippen molar-refractivity contribution in [3.63, 3.8) is 0 Å². The zero-order valence-electron chi connectivity index (χ0n) is 14.0. The fourth-order valence-electron chi connectivity index (χ4n) is 2.48. The molecular weight excluding hydrogens is 333 g/mol. The number of halogens is 2. The zero-order valence-corrected chi connectivity index (χ0v) is 15.5. The van der Waals surface area contributed by atoms with Crippen LogP contribution in [-0.2, 0) is 6.54 Å². The number of nitrogens with one attached hydrogen (secondary N) is 1. The lowest BCUT2D eigenvalue weighted by atomic mass is 10.1. The van der Waals surface area contributed by atoms with Gasteiger partial charge in [-0.2, -0.15) is 5.10 Å². The molecule has 2 rings (SSSR count). The first-order chi connectivity index (χ1) is 10.9. The smallest absolute Gasteiger partial charge is 0.156 e. The second-order valence-corrected chi connectivity index (χ2v) is 6.75. The van der Waals surface area contributed by atoms with E-state index in [0.717, 1.165) is 36.3 Å². The molecule has 0 saturated heterocycles. The molecule has 0 spiro atoms. The van der Waals surface area contributed by atoms with Gasteiger partial charge in [-0.05, 0) is 51.6 Å². The Kier molecular flexibility index (Phi) is 6.33. The van der Waals surface area contributed by atoms with Crippen LogP contribution < -0.4 is 4.74 Å². The molecule has 0 aliphatic heterocycles. The highest BCUT2D eigenvalue weighted by Gasteiger charge is 2.15. The molecule has 2 aromatic rings. The van der Waals surface area contributed by atoms with Crippen LogP contribution >= 0.6 is 23.2 Å². The fourth-order valence-corrected chi connectivity index (χ4v) is 3.05. The maximum atomic E-state index is 6.35. The standard InChI is InChI=1S/C17H23Cl2N3O/c1-5-6-22(4)10-16-13(9-20-21-16)12-7-14(18)17(15(19)8-12)23-11(2)3/h7-9,11H,5-6,10H2,1-4H3,(H,20,21). The predicted octanol–water partition coefficient (Wildman–Crippen LogP) is 5.01. The van der Waals surface area contributed by atoms with Crippen LogP contribution in [0.25, 0.3) is 11.1 Å². The summed E-state index contributed by atoms with van der Waals surface area (Å²) in [6.45, 7) is 7.87. The monoisotopic (exact) mass is 355 g/mol. The molecule has 0 unspecified atom stereocenters. The molecule has 4 nitrogen and oxygen atoms in total. The van der Waals surface area contributed by atoms with Crippen molar-refractivity contribution in [3.8, 4) is 16.9 Å². The van der Waals surface area contributed by atoms with E-state index < -0.39 is 0 Å². The lowest BCUT2D eigenvalue weighted by molar-refractivity contribution is 0.243. The molecule has 0 radical (unpaired) electrons. The van der Waals surface area contributed by atoms with E-state index in [1.165, 1.54) is 0 Å². The molecule has 0 atom stereocenters. The maximum absolute atomic E-state index is 6.35. The summed E-state index contributed by atoms with van der Waals surface area (Å²) < 4.78 is 5.68. The number of benzene rings is 1. The second kappa shape index (κ2) is 8.04. The molecule has 6 heteroatoms. The van der Waals surface area contributed by atoms with Crippen molar-refractivity contribution < 1.29 is 4.74 Å². The van der Waals surface area contributed by atoms with Gasteiger partial charge in [-0.25, -0.2) is 0 Å². The summed E-state index contributed by atoms with van der Waals surface area (Å²) in [7, 11) is 2.09. The summed E-state index contributed by atoms with van der Waals surface area (Å²) in [6, 6.07) is 3.75. The van der Waals surface area contributed by atoms with Crippen molar-refractivity contribution in [1.82, 2.24) is 15.1 Å². The van der Waals surface area contributed by atoms with E-state index in [4.69, 9.17) is 27.9 Å². The highest BCUT2D eigenvalue weighted by Crippen LogP contribution is 2.38. The number of rotatable bonds is 7. The first-order valence-electron chi connectivity index (χ1n) is 7.79. The highest BCUT2D eigenvalue weighted by molar-refractivity contribution is 6.37. The number of hydrogen-bond donors (Lipinski definition) is 1. The highest BCUT2D eigenvalue weighted by atomic mass is 35.5. The SMILES string of the molecule is CCCN(C)Cc1[nH]ncc1-c1cc(Cl)c(OC(C)C)c(Cl)c1. The lowest BCUT2D eigenvalue weighted by Crippen LogP contribution is -2.19. The Balaban J connectivity index is 2.31. The van der Waals surface area contributed by atoms with Gasteiger partial charge in [0.25, 0.3) is 0 Å². The van der Waals surface area contributed by atoms with Gasteiger partial charge in [0.2, 0.25) is 0 Å². The Hall–Kier alpha value is -1.23. The summed E-state index contributed by atoms with van der Waals surface area (Å²) in [5.74, 6) is 0.528. The molecule has 1 aromatic heterocycles. The number of H-pyrrole nitrogens is 1. The van der Waals surface area contributed by atoms with E-state index >= 15 is 0 Å². The normalized spacial score (nSPS) is 11.5. The summed E-state index contributed by atoms with van der Waals surface area (Å²) in [5.41, 5.74) is 2.99. The van der Waals surface area contributed by atoms with Gasteiger partial charge in [0.15, 0.2) is 5.75 Å². The molecule has 0 aliphatic carbocycles. The van der Waals surface area contributed by atoms with Crippen LogP contribution in [0, 0.1) is 0 Å². The maximum Gasteiger partial charge on any atom is 0.156 e. The largest absolute Gasteiger partial charge is 0.488 e. The van der Waals surface area contributed by atoms with Crippen LogP contribution in [-0.4, -0.2) is 34.8 Å². The van der Waals surface area contributed by atoms with Crippen molar-refractivity contribution in [2.45, 2.75) is 39.8 Å². The van der Waals surface area contributed by atoms with Crippen LogP contribution in [0.15, 0.2) is 18.3 Å². The molecule has 1 N–H and O–H groups in total. The molecule has 126 valence electrons. The van der Waals surface area contributed by atoms with Crippen molar-refractivity contribution in [2.75, 3.05) is 13.6 Å². The van der Waals surface area contributed by atoms with Gasteiger partial charge in [0.05, 0.1) is 28.0 Å². The van der Waals surface area contributed by atoms with Crippen LogP contribution in [0.1, 0.15) is 32.9 Å². The molecule has 0 fully saturated rings. The Labute approximate surface area is 147 Å². The van der Waals surface area contributed by atoms with Gasteiger partial charge >= 0.3 is 0 Å². The third-order valence-electron chi connectivity index (χ3n) is 3.41. The van der Waals surface area contributed by atoms with E-state index in [9.17, 15) is 0 Å². The van der Waals surface area contributed by atoms with Gasteiger partial charge in [0, 0.05) is 12.1 Å². The zero-order chi connectivity index (χ0) is 17.0. The Morgan fingerprint density at radius 2 is 1.91 bits per heavy atom. The van der Waals surface area contributed by atoms with Gasteiger partial charge in [-0.15, -0.1) is 0 Å². The molecule has 0 saturated carbocycles. The van der Waals surface area contributed by atoms with Gasteiger partial charge in [-0.3, -0.25) is 5.10 Å². The predicted molar refractivity (Wildman–Crippen MR) is 96.4 cm³/mol. The van der Waals surface area contributed by atoms with Crippen LogP contribution in [0.4, 0.5) is 0 Å². The molecule has 23 heavy (non-hydrogen) atoms. The summed E-state index contributed by atoms with van der Waals surface area (Å²) >= 11 is 12.7. The minimum atomic E-state index is 0.0167. The van der Waals surface area contributed by atoms with Crippen molar-refractivity contribution >= 4 is 23.2 Å². The number of nitrogens with zero attached hydrogens (tertiary/aromatic N) is 2. The molecule has 0 bridgehead atoms. The molecule has 1 heterocycles. The molecule has 1 aromatic carbocycles. The first-order valence-corrected chi connectivity index (χ1v) is 8.54. The number of aromatic nitrogens is 2. The van der Waals surface area contributed by atoms with Crippen molar-refractivity contribution in [1.29, 1.82) is 0 Å². The van der Waals surface area contributed by atoms with Crippen LogP contribution in [0.3, 0.4) is 0 Å². The summed E-state index contributed by atoms with van der Waals surface area (Å²) in [5, 5.41) is 8.26. The van der Waals surface area contributed by atoms with E-state index in [2.05, 4.69) is 29.1 Å². The first kappa shape index (κ1) is 18.1. The Morgan fingerprint density at radius 1 is 1.26 bits per heavy atom. The average molecular weight is 356 g/mol. The van der Waals surface area contributed by atoms with E-state index in [1.807, 2.05) is 26.0 Å². The van der Waals surface area contributed by atoms with Crippen molar-refractivity contribution in [2.24, 2.45) is 0 Å². The molecule has 0 amide bonds. The summed E-state index contributed by atoms with van der Waals surface area (Å²) in [4.78, 5) is 2.25. The minimum absolute atomic E-state index is 0.0167. The number of ether oxygens (including phenoxy) is 1. The van der Waals surface area contributed by atoms with Crippen molar-refractivity contribution in [3.05, 3.63) is 34.1 Å². The van der Waals surface area contributed by atoms with E-state index in [0.29, 0.717) is 15.8 Å². The van der Waals surface area contributed by atoms with E-state index in [-0.39, 0.29) is 6.10 Å². The third-order valence-corrected chi connectivity index (χ3v) is 3.98. The Morgan fingerprint density at radius 3 is 2.48 bits per heavy atom. The Bertz CT molecular complexity index is 632. The van der Waals surface area contributed by atoms with Gasteiger partial charge in [-0.1, -0.05) is 30.1 Å². The minimum Gasteiger partial charge on any atom is -0.488 e. The van der Waals surface area contributed by atoms with Crippen LogP contribution in [0.2, 0.25) is 10.0 Å². The third kappa shape index (κ3) is 4.63. The quantitative estimate of drug-likeness (QED) is 0.758. The van der Waals surface area contributed by atoms with Gasteiger partial charge in [0.1, 0.15) is 0 Å². The topological polar surface area (TPSA) is 41.2 Å². The second-order valence-electron chi connectivity index (χ2n) is 5.94. The average Bonchev–Trinajstić information content (AvgIpc) is 2.90. The molecular formula is C17H23Cl2N3O. The van der Waals surface area contributed by atoms with Gasteiger partial charge < -0.3 is 9.64 Å². The number of hydrogen-bond acceptors (Lipinski definition) is 3. The number of aromatic amines is 1. The summed E-state index contributed by atoms with van der Waals surface area (Å²) in [6.07, 6.45) is 2.93. The van der Waals surface area contributed by atoms with E-state index in [1.54, 1.807) is 6.20 Å².